The largest absolute Gasteiger partial charge is 0.388 e. The minimum absolute atomic E-state index is 0.0232. The second-order valence-corrected chi connectivity index (χ2v) is 7.98. The van der Waals surface area contributed by atoms with Gasteiger partial charge in [0.2, 0.25) is 5.91 Å². The third-order valence-corrected chi connectivity index (χ3v) is 5.73. The molecule has 3 atom stereocenters. The molecule has 0 bridgehead atoms. The minimum Gasteiger partial charge on any atom is -0.388 e. The lowest BCUT2D eigenvalue weighted by Gasteiger charge is -2.31. The summed E-state index contributed by atoms with van der Waals surface area (Å²) in [5, 5.41) is 20.5. The highest BCUT2D eigenvalue weighted by Crippen LogP contribution is 2.13. The van der Waals surface area contributed by atoms with E-state index in [0.717, 1.165) is 12.8 Å². The van der Waals surface area contributed by atoms with E-state index < -0.39 is 18.3 Å². The molecule has 1 saturated heterocycles. The zero-order valence-corrected chi connectivity index (χ0v) is 17.8. The topological polar surface area (TPSA) is 112 Å². The van der Waals surface area contributed by atoms with E-state index in [-0.39, 0.29) is 25.0 Å². The molecule has 0 aromatic carbocycles. The van der Waals surface area contributed by atoms with Gasteiger partial charge >= 0.3 is 0 Å². The molecule has 1 aromatic heterocycles. The van der Waals surface area contributed by atoms with Crippen molar-refractivity contribution in [2.75, 3.05) is 46.5 Å². The third-order valence-electron chi connectivity index (χ3n) is 4.97. The van der Waals surface area contributed by atoms with Crippen LogP contribution < -0.4 is 0 Å². The molecule has 0 radical (unpaired) electrons. The van der Waals surface area contributed by atoms with Crippen molar-refractivity contribution in [3.8, 4) is 0 Å². The maximum atomic E-state index is 12.8. The number of aromatic nitrogens is 1. The number of hydrogen-bond acceptors (Lipinski definition) is 8. The van der Waals surface area contributed by atoms with Gasteiger partial charge in [-0.15, -0.1) is 11.3 Å². The average molecular weight is 430 g/mol. The van der Waals surface area contributed by atoms with E-state index in [2.05, 4.69) is 4.98 Å². The van der Waals surface area contributed by atoms with Crippen molar-refractivity contribution < 1.29 is 29.3 Å². The van der Waals surface area contributed by atoms with Crippen molar-refractivity contribution in [1.29, 1.82) is 0 Å². The first-order valence-corrected chi connectivity index (χ1v) is 10.7. The summed E-state index contributed by atoms with van der Waals surface area (Å²) < 4.78 is 10.8. The van der Waals surface area contributed by atoms with Crippen LogP contribution in [0.15, 0.2) is 11.7 Å². The van der Waals surface area contributed by atoms with Crippen LogP contribution in [0.3, 0.4) is 0 Å². The Morgan fingerprint density at radius 3 is 2.59 bits per heavy atom. The molecule has 1 aliphatic rings. The number of methoxy groups -OCH3 is 1. The van der Waals surface area contributed by atoms with Gasteiger partial charge in [0.25, 0.3) is 5.91 Å². The Hall–Kier alpha value is -1.59. The summed E-state index contributed by atoms with van der Waals surface area (Å²) in [6, 6.07) is 0. The number of thiazole rings is 1. The molecule has 9 nitrogen and oxygen atoms in total. The van der Waals surface area contributed by atoms with Crippen molar-refractivity contribution in [3.63, 3.8) is 0 Å². The van der Waals surface area contributed by atoms with Gasteiger partial charge in [-0.1, -0.05) is 0 Å². The number of hydrogen-bond donors (Lipinski definition) is 2. The second kappa shape index (κ2) is 12.2. The Kier molecular flexibility index (Phi) is 9.95. The predicted molar refractivity (Wildman–Crippen MR) is 108 cm³/mol. The second-order valence-electron chi connectivity index (χ2n) is 7.09. The normalized spacial score (nSPS) is 25.9. The molecule has 2 N–H and O–H groups in total. The molecule has 0 saturated carbocycles. The van der Waals surface area contributed by atoms with E-state index in [1.807, 2.05) is 0 Å². The molecule has 0 unspecified atom stereocenters. The van der Waals surface area contributed by atoms with Gasteiger partial charge in [0, 0.05) is 46.8 Å². The molecule has 0 aliphatic carbocycles. The molecular weight excluding hydrogens is 398 g/mol. The number of aliphatic hydroxyl groups excluding tert-OH is 2. The molecule has 0 spiro atoms. The summed E-state index contributed by atoms with van der Waals surface area (Å²) >= 11 is 1.31. The molecule has 2 heterocycles. The van der Waals surface area contributed by atoms with Gasteiger partial charge in [-0.2, -0.15) is 0 Å². The van der Waals surface area contributed by atoms with Crippen molar-refractivity contribution in [2.24, 2.45) is 0 Å². The lowest BCUT2D eigenvalue weighted by atomic mass is 10.1. The van der Waals surface area contributed by atoms with Crippen molar-refractivity contribution in [2.45, 2.75) is 44.5 Å². The molecule has 1 fully saturated rings. The summed E-state index contributed by atoms with van der Waals surface area (Å²) in [5.41, 5.74) is 1.63. The van der Waals surface area contributed by atoms with E-state index in [4.69, 9.17) is 9.47 Å². The first-order chi connectivity index (χ1) is 13.9. The first kappa shape index (κ1) is 23.7. The van der Waals surface area contributed by atoms with E-state index in [9.17, 15) is 19.8 Å². The predicted octanol–water partition coefficient (Wildman–Crippen LogP) is 0.371. The molecule has 1 aliphatic heterocycles. The Labute approximate surface area is 175 Å². The Balaban J connectivity index is 2.09. The molecule has 29 heavy (non-hydrogen) atoms. The maximum Gasteiger partial charge on any atom is 0.265 e. The van der Waals surface area contributed by atoms with Crippen molar-refractivity contribution >= 4 is 23.2 Å². The van der Waals surface area contributed by atoms with Gasteiger partial charge in [-0.25, -0.2) is 0 Å². The SMILES string of the molecule is CO[C@H]1CN(C(C)=O)CCCN(C(=O)c2cncs2)CCCCOC[C@H](O)[C@@H]1O. The maximum absolute atomic E-state index is 12.8. The summed E-state index contributed by atoms with van der Waals surface area (Å²) in [4.78, 5) is 32.7. The van der Waals surface area contributed by atoms with Crippen LogP contribution in [-0.2, 0) is 14.3 Å². The van der Waals surface area contributed by atoms with Crippen LogP contribution in [0, 0.1) is 0 Å². The number of ether oxygens (including phenoxy) is 2. The zero-order valence-electron chi connectivity index (χ0n) is 17.0. The molecule has 2 rings (SSSR count). The Morgan fingerprint density at radius 1 is 1.21 bits per heavy atom. The number of rotatable bonds is 2. The Bertz CT molecular complexity index is 629. The standard InChI is InChI=1S/C19H31N3O6S/c1-14(23)22-8-5-7-21(19(26)17-10-20-13-29-17)6-3-4-9-28-12-15(24)18(25)16(11-22)27-2/h10,13,15-16,18,24-25H,3-9,11-12H2,1-2H3/t15-,16-,18-/m0/s1. The molecule has 164 valence electrons. The van der Waals surface area contributed by atoms with Crippen LogP contribution in [0.2, 0.25) is 0 Å². The first-order valence-electron chi connectivity index (χ1n) is 9.84. The monoisotopic (exact) mass is 429 g/mol. The van der Waals surface area contributed by atoms with E-state index in [1.54, 1.807) is 21.5 Å². The van der Waals surface area contributed by atoms with Gasteiger partial charge in [0.15, 0.2) is 0 Å². The number of aliphatic hydroxyl groups is 2. The fraction of sp³-hybridized carbons (Fsp3) is 0.737. The van der Waals surface area contributed by atoms with Crippen LogP contribution in [0.1, 0.15) is 35.9 Å². The average Bonchev–Trinajstić information content (AvgIpc) is 3.24. The number of carbonyl (C=O) groups excluding carboxylic acids is 2. The molecular formula is C19H31N3O6S. The quantitative estimate of drug-likeness (QED) is 0.698. The highest BCUT2D eigenvalue weighted by Gasteiger charge is 2.29. The van der Waals surface area contributed by atoms with Crippen LogP contribution in [0.4, 0.5) is 0 Å². The fourth-order valence-corrected chi connectivity index (χ4v) is 3.81. The lowest BCUT2D eigenvalue weighted by Crippen LogP contribution is -2.48. The van der Waals surface area contributed by atoms with E-state index in [1.165, 1.54) is 25.4 Å². The van der Waals surface area contributed by atoms with Gasteiger partial charge in [0.05, 0.1) is 18.3 Å². The molecule has 1 aromatic rings. The fourth-order valence-electron chi connectivity index (χ4n) is 3.22. The zero-order chi connectivity index (χ0) is 21.2. The molecule has 10 heteroatoms. The highest BCUT2D eigenvalue weighted by atomic mass is 32.1. The van der Waals surface area contributed by atoms with Gasteiger partial charge in [-0.05, 0) is 19.3 Å². The van der Waals surface area contributed by atoms with Crippen LogP contribution in [0.5, 0.6) is 0 Å². The van der Waals surface area contributed by atoms with Gasteiger partial charge in [0.1, 0.15) is 23.2 Å². The van der Waals surface area contributed by atoms with Crippen LogP contribution in [0.25, 0.3) is 0 Å². The minimum atomic E-state index is -1.17. The summed E-state index contributed by atoms with van der Waals surface area (Å²) in [5.74, 6) is -0.220. The third kappa shape index (κ3) is 7.31. The summed E-state index contributed by atoms with van der Waals surface area (Å²) in [7, 11) is 1.43. The van der Waals surface area contributed by atoms with E-state index >= 15 is 0 Å². The number of carbonyl (C=O) groups is 2. The Morgan fingerprint density at radius 2 is 1.93 bits per heavy atom. The number of nitrogens with zero attached hydrogens (tertiary/aromatic N) is 3. The van der Waals surface area contributed by atoms with Crippen LogP contribution in [-0.4, -0.2) is 102 Å². The van der Waals surface area contributed by atoms with Crippen molar-refractivity contribution in [1.82, 2.24) is 14.8 Å². The lowest BCUT2D eigenvalue weighted by molar-refractivity contribution is -0.136. The van der Waals surface area contributed by atoms with Crippen LogP contribution >= 0.6 is 11.3 Å². The van der Waals surface area contributed by atoms with Gasteiger partial charge in [-0.3, -0.25) is 14.6 Å². The van der Waals surface area contributed by atoms with Gasteiger partial charge < -0.3 is 29.5 Å². The summed E-state index contributed by atoms with van der Waals surface area (Å²) in [6.07, 6.45) is 0.620. The van der Waals surface area contributed by atoms with Crippen molar-refractivity contribution in [3.05, 3.63) is 16.6 Å². The smallest absolute Gasteiger partial charge is 0.265 e. The highest BCUT2D eigenvalue weighted by molar-refractivity contribution is 7.11. The number of amides is 2. The summed E-state index contributed by atoms with van der Waals surface area (Å²) in [6.45, 7) is 3.49. The molecule has 2 amide bonds. The van der Waals surface area contributed by atoms with E-state index in [0.29, 0.717) is 37.5 Å².